The second-order valence-electron chi connectivity index (χ2n) is 3.60. The van der Waals surface area contributed by atoms with E-state index in [1.54, 1.807) is 26.4 Å². The lowest BCUT2D eigenvalue weighted by Gasteiger charge is -2.07. The van der Waals surface area contributed by atoms with Crippen molar-refractivity contribution in [2.45, 2.75) is 20.8 Å². The number of aromatic nitrogens is 3. The lowest BCUT2D eigenvalue weighted by molar-refractivity contribution is 0.0823. The number of hydrogen-bond acceptors (Lipinski definition) is 3. The number of nitrogens with zero attached hydrogens (tertiary/aromatic N) is 3. The summed E-state index contributed by atoms with van der Waals surface area (Å²) in [6, 6.07) is 1.76. The summed E-state index contributed by atoms with van der Waals surface area (Å²) in [5.74, 6) is 0.624. The van der Waals surface area contributed by atoms with E-state index in [-0.39, 0.29) is 5.91 Å². The van der Waals surface area contributed by atoms with Crippen molar-refractivity contribution in [3.8, 4) is 0 Å². The van der Waals surface area contributed by atoms with E-state index in [1.165, 1.54) is 4.90 Å². The smallest absolute Gasteiger partial charge is 0.269 e. The van der Waals surface area contributed by atoms with Gasteiger partial charge in [-0.3, -0.25) is 4.79 Å². The molecule has 0 atom stereocenters. The number of rotatable bonds is 1. The Morgan fingerprint density at radius 3 is 2.59 bits per heavy atom. The molecule has 2 rings (SSSR count). The van der Waals surface area contributed by atoms with Gasteiger partial charge in [0.2, 0.25) is 0 Å². The van der Waals surface area contributed by atoms with E-state index in [1.807, 2.05) is 20.8 Å². The molecule has 0 saturated heterocycles. The molecule has 0 unspecified atom stereocenters. The van der Waals surface area contributed by atoms with Crippen molar-refractivity contribution in [2.24, 2.45) is 0 Å². The van der Waals surface area contributed by atoms with Crippen LogP contribution in [0.5, 0.6) is 0 Å². The molecule has 1 amide bonds. The fourth-order valence-electron chi connectivity index (χ4n) is 1.36. The van der Waals surface area contributed by atoms with E-state index < -0.39 is 0 Å². The molecule has 5 heteroatoms. The van der Waals surface area contributed by atoms with Crippen LogP contribution in [0, 0.1) is 6.92 Å². The van der Waals surface area contributed by atoms with Gasteiger partial charge in [0.25, 0.3) is 5.91 Å². The van der Waals surface area contributed by atoms with Gasteiger partial charge in [0.05, 0.1) is 0 Å². The van der Waals surface area contributed by atoms with Gasteiger partial charge in [-0.25, -0.2) is 9.97 Å². The van der Waals surface area contributed by atoms with Crippen molar-refractivity contribution in [2.75, 3.05) is 14.1 Å². The lowest BCUT2D eigenvalue weighted by atomic mass is 10.3. The summed E-state index contributed by atoms with van der Waals surface area (Å²) in [7, 11) is 3.43. The summed E-state index contributed by atoms with van der Waals surface area (Å²) >= 11 is 0. The molecular formula is C12H18N4O. The topological polar surface area (TPSA) is 61.9 Å². The van der Waals surface area contributed by atoms with Crippen LogP contribution >= 0.6 is 0 Å². The van der Waals surface area contributed by atoms with Gasteiger partial charge in [0.15, 0.2) is 0 Å². The molecule has 0 aliphatic rings. The fraction of sp³-hybridized carbons (Fsp3) is 0.417. The number of carbonyl (C=O) groups excluding carboxylic acids is 1. The highest BCUT2D eigenvalue weighted by atomic mass is 16.2. The Bertz CT molecular complexity index is 516. The number of amides is 1. The van der Waals surface area contributed by atoms with Crippen molar-refractivity contribution in [3.63, 3.8) is 0 Å². The normalized spacial score (nSPS) is 9.71. The first-order valence-electron chi connectivity index (χ1n) is 5.62. The molecule has 0 bridgehead atoms. The SMILES string of the molecule is CC.Cc1ncc2cc(C(=O)N(C)C)[nH]c2n1. The monoisotopic (exact) mass is 234 g/mol. The van der Waals surface area contributed by atoms with Crippen molar-refractivity contribution in [3.05, 3.63) is 23.8 Å². The molecule has 0 radical (unpaired) electrons. The van der Waals surface area contributed by atoms with Crippen LogP contribution in [-0.4, -0.2) is 39.9 Å². The molecule has 92 valence electrons. The quantitative estimate of drug-likeness (QED) is 0.820. The Balaban J connectivity index is 0.000000686. The number of nitrogens with one attached hydrogen (secondary N) is 1. The average Bonchev–Trinajstić information content (AvgIpc) is 2.73. The molecule has 17 heavy (non-hydrogen) atoms. The van der Waals surface area contributed by atoms with Crippen molar-refractivity contribution < 1.29 is 4.79 Å². The third-order valence-corrected chi connectivity index (χ3v) is 2.13. The van der Waals surface area contributed by atoms with Crippen LogP contribution in [0.25, 0.3) is 11.0 Å². The standard InChI is InChI=1S/C10H12N4O.C2H6/c1-6-11-5-7-4-8(10(15)14(2)3)13-9(7)12-6;1-2/h4-5H,1-3H3,(H,11,12,13);1-2H3. The van der Waals surface area contributed by atoms with E-state index in [2.05, 4.69) is 15.0 Å². The molecule has 1 N–H and O–H groups in total. The summed E-state index contributed by atoms with van der Waals surface area (Å²) in [6.07, 6.45) is 1.71. The zero-order valence-electron chi connectivity index (χ0n) is 10.9. The molecule has 5 nitrogen and oxygen atoms in total. The highest BCUT2D eigenvalue weighted by molar-refractivity contribution is 5.96. The number of carbonyl (C=O) groups is 1. The predicted octanol–water partition coefficient (Wildman–Crippen LogP) is 1.99. The minimum absolute atomic E-state index is 0.0642. The van der Waals surface area contributed by atoms with Gasteiger partial charge < -0.3 is 9.88 Å². The molecule has 0 spiro atoms. The molecular weight excluding hydrogens is 216 g/mol. The summed E-state index contributed by atoms with van der Waals surface area (Å²) in [6.45, 7) is 5.81. The van der Waals surface area contributed by atoms with Crippen LogP contribution in [0.4, 0.5) is 0 Å². The Morgan fingerprint density at radius 1 is 1.35 bits per heavy atom. The second kappa shape index (κ2) is 5.43. The minimum Gasteiger partial charge on any atom is -0.344 e. The molecule has 0 saturated carbocycles. The molecule has 2 heterocycles. The first kappa shape index (κ1) is 13.2. The second-order valence-corrected chi connectivity index (χ2v) is 3.60. The van der Waals surface area contributed by atoms with Gasteiger partial charge in [0, 0.05) is 25.7 Å². The molecule has 2 aromatic rings. The van der Waals surface area contributed by atoms with Crippen molar-refractivity contribution in [1.29, 1.82) is 0 Å². The maximum Gasteiger partial charge on any atom is 0.269 e. The van der Waals surface area contributed by atoms with E-state index >= 15 is 0 Å². The summed E-state index contributed by atoms with van der Waals surface area (Å²) in [4.78, 5) is 24.4. The number of aryl methyl sites for hydroxylation is 1. The Morgan fingerprint density at radius 2 is 2.00 bits per heavy atom. The molecule has 2 aromatic heterocycles. The van der Waals surface area contributed by atoms with Crippen LogP contribution in [0.2, 0.25) is 0 Å². The number of fused-ring (bicyclic) bond motifs is 1. The molecule has 0 fully saturated rings. The lowest BCUT2D eigenvalue weighted by Crippen LogP contribution is -2.21. The highest BCUT2D eigenvalue weighted by Crippen LogP contribution is 2.12. The largest absolute Gasteiger partial charge is 0.344 e. The average molecular weight is 234 g/mol. The Kier molecular flexibility index (Phi) is 4.20. The molecule has 0 aliphatic carbocycles. The van der Waals surface area contributed by atoms with Gasteiger partial charge in [-0.2, -0.15) is 0 Å². The maximum atomic E-state index is 11.6. The molecule has 0 aliphatic heterocycles. The summed E-state index contributed by atoms with van der Waals surface area (Å²) in [5, 5.41) is 0.853. The van der Waals surface area contributed by atoms with E-state index in [9.17, 15) is 4.79 Å². The van der Waals surface area contributed by atoms with E-state index in [0.29, 0.717) is 17.2 Å². The minimum atomic E-state index is -0.0642. The van der Waals surface area contributed by atoms with E-state index in [0.717, 1.165) is 5.39 Å². The number of aromatic amines is 1. The van der Waals surface area contributed by atoms with Crippen LogP contribution in [0.3, 0.4) is 0 Å². The summed E-state index contributed by atoms with van der Waals surface area (Å²) < 4.78 is 0. The number of hydrogen-bond donors (Lipinski definition) is 1. The molecule has 0 aromatic carbocycles. The van der Waals surface area contributed by atoms with Crippen LogP contribution in [0.1, 0.15) is 30.2 Å². The number of H-pyrrole nitrogens is 1. The summed E-state index contributed by atoms with van der Waals surface area (Å²) in [5.41, 5.74) is 1.24. The van der Waals surface area contributed by atoms with Gasteiger partial charge in [-0.05, 0) is 13.0 Å². The highest BCUT2D eigenvalue weighted by Gasteiger charge is 2.11. The van der Waals surface area contributed by atoms with Crippen LogP contribution < -0.4 is 0 Å². The van der Waals surface area contributed by atoms with Gasteiger partial charge in [-0.1, -0.05) is 13.8 Å². The predicted molar refractivity (Wildman–Crippen MR) is 68.0 cm³/mol. The van der Waals surface area contributed by atoms with Gasteiger partial charge >= 0.3 is 0 Å². The third kappa shape index (κ3) is 2.81. The Labute approximate surface area is 101 Å². The third-order valence-electron chi connectivity index (χ3n) is 2.13. The maximum absolute atomic E-state index is 11.6. The van der Waals surface area contributed by atoms with Crippen molar-refractivity contribution >= 4 is 16.9 Å². The van der Waals surface area contributed by atoms with Crippen LogP contribution in [0.15, 0.2) is 12.3 Å². The van der Waals surface area contributed by atoms with E-state index in [4.69, 9.17) is 0 Å². The van der Waals surface area contributed by atoms with Gasteiger partial charge in [-0.15, -0.1) is 0 Å². The van der Waals surface area contributed by atoms with Crippen LogP contribution in [-0.2, 0) is 0 Å². The zero-order valence-corrected chi connectivity index (χ0v) is 10.9. The van der Waals surface area contributed by atoms with Crippen molar-refractivity contribution in [1.82, 2.24) is 19.9 Å². The zero-order chi connectivity index (χ0) is 13.0. The Hall–Kier alpha value is -1.91. The first-order valence-corrected chi connectivity index (χ1v) is 5.62. The first-order chi connectivity index (χ1) is 8.08. The van der Waals surface area contributed by atoms with Gasteiger partial charge in [0.1, 0.15) is 17.2 Å². The fourth-order valence-corrected chi connectivity index (χ4v) is 1.36.